The molecule has 2 saturated heterocycles. The summed E-state index contributed by atoms with van der Waals surface area (Å²) in [7, 11) is -3.18. The van der Waals surface area contributed by atoms with Gasteiger partial charge in [-0.15, -0.1) is 0 Å². The number of nitrogens with zero attached hydrogens (tertiary/aromatic N) is 1. The summed E-state index contributed by atoms with van der Waals surface area (Å²) in [6, 6.07) is 5.03. The molecular weight excluding hydrogens is 370 g/mol. The Morgan fingerprint density at radius 3 is 2.56 bits per heavy atom. The molecule has 0 aromatic heterocycles. The molecule has 0 bridgehead atoms. The van der Waals surface area contributed by atoms with Crippen molar-refractivity contribution in [1.82, 2.24) is 10.2 Å². The van der Waals surface area contributed by atoms with Gasteiger partial charge in [0.05, 0.1) is 11.5 Å². The second-order valence-corrected chi connectivity index (χ2v) is 9.37. The number of benzene rings is 1. The van der Waals surface area contributed by atoms with Crippen molar-refractivity contribution in [2.75, 3.05) is 23.4 Å². The normalized spacial score (nSPS) is 20.6. The van der Waals surface area contributed by atoms with Crippen LogP contribution in [0, 0.1) is 6.92 Å². The number of imide groups is 1. The topological polar surface area (TPSA) is 113 Å². The van der Waals surface area contributed by atoms with Crippen LogP contribution < -0.4 is 10.6 Å². The highest BCUT2D eigenvalue weighted by molar-refractivity contribution is 7.91. The monoisotopic (exact) mass is 393 g/mol. The predicted molar refractivity (Wildman–Crippen MR) is 100 cm³/mol. The molecule has 0 aliphatic carbocycles. The van der Waals surface area contributed by atoms with E-state index in [2.05, 4.69) is 10.6 Å². The number of hydrogen-bond acceptors (Lipinski definition) is 5. The first-order chi connectivity index (χ1) is 12.7. The molecule has 3 rings (SSSR count). The minimum Gasteiger partial charge on any atom is -0.324 e. The van der Waals surface area contributed by atoms with Gasteiger partial charge < -0.3 is 10.6 Å². The van der Waals surface area contributed by atoms with Crippen LogP contribution in [0.3, 0.4) is 0 Å². The Hall–Kier alpha value is -2.42. The van der Waals surface area contributed by atoms with Gasteiger partial charge in [0.1, 0.15) is 12.1 Å². The van der Waals surface area contributed by atoms with Gasteiger partial charge in [-0.1, -0.05) is 25.1 Å². The summed E-state index contributed by atoms with van der Waals surface area (Å²) in [5.41, 5.74) is 1.35. The summed E-state index contributed by atoms with van der Waals surface area (Å²) in [6.07, 6.45) is 0.809. The van der Waals surface area contributed by atoms with E-state index in [4.69, 9.17) is 0 Å². The first-order valence-corrected chi connectivity index (χ1v) is 10.7. The van der Waals surface area contributed by atoms with E-state index < -0.39 is 39.8 Å². The molecule has 9 heteroatoms. The summed E-state index contributed by atoms with van der Waals surface area (Å²) in [5, 5.41) is 5.40. The molecule has 146 valence electrons. The lowest BCUT2D eigenvalue weighted by Gasteiger charge is -2.30. The number of sulfone groups is 1. The smallest absolute Gasteiger partial charge is 0.324 e. The van der Waals surface area contributed by atoms with Gasteiger partial charge in [-0.2, -0.15) is 0 Å². The van der Waals surface area contributed by atoms with Crippen LogP contribution in [-0.2, 0) is 25.8 Å². The number of carbonyl (C=O) groups excluding carboxylic acids is 3. The van der Waals surface area contributed by atoms with Gasteiger partial charge in [0.15, 0.2) is 9.84 Å². The highest BCUT2D eigenvalue weighted by atomic mass is 32.2. The van der Waals surface area contributed by atoms with E-state index in [0.29, 0.717) is 5.69 Å². The van der Waals surface area contributed by atoms with Crippen molar-refractivity contribution in [3.63, 3.8) is 0 Å². The largest absolute Gasteiger partial charge is 0.325 e. The van der Waals surface area contributed by atoms with Crippen molar-refractivity contribution in [1.29, 1.82) is 0 Å². The number of carbonyl (C=O) groups is 3. The highest BCUT2D eigenvalue weighted by Crippen LogP contribution is 2.30. The van der Waals surface area contributed by atoms with Gasteiger partial charge in [0.2, 0.25) is 5.91 Å². The molecule has 2 N–H and O–H groups in total. The summed E-state index contributed by atoms with van der Waals surface area (Å²) >= 11 is 0. The van der Waals surface area contributed by atoms with Gasteiger partial charge in [-0.25, -0.2) is 13.2 Å². The zero-order valence-corrected chi connectivity index (χ0v) is 16.2. The zero-order chi connectivity index (χ0) is 19.8. The number of para-hydroxylation sites is 1. The van der Waals surface area contributed by atoms with Gasteiger partial charge in [0.25, 0.3) is 5.91 Å². The Kier molecular flexibility index (Phi) is 4.98. The van der Waals surface area contributed by atoms with Crippen LogP contribution >= 0.6 is 0 Å². The van der Waals surface area contributed by atoms with Gasteiger partial charge >= 0.3 is 6.03 Å². The van der Waals surface area contributed by atoms with Crippen molar-refractivity contribution in [2.24, 2.45) is 0 Å². The summed E-state index contributed by atoms with van der Waals surface area (Å²) in [6.45, 7) is 3.44. The SMILES string of the molecule is CCc1cccc(C)c1NC(=O)CN1C(=O)NC2(CCS(=O)(=O)CC2)C1=O. The molecule has 0 radical (unpaired) electrons. The van der Waals surface area contributed by atoms with Crippen molar-refractivity contribution in [3.05, 3.63) is 29.3 Å². The van der Waals surface area contributed by atoms with Crippen molar-refractivity contribution in [3.8, 4) is 0 Å². The second-order valence-electron chi connectivity index (χ2n) is 7.07. The fourth-order valence-electron chi connectivity index (χ4n) is 3.57. The first-order valence-electron chi connectivity index (χ1n) is 8.90. The van der Waals surface area contributed by atoms with Crippen molar-refractivity contribution >= 4 is 33.4 Å². The first kappa shape index (κ1) is 19.3. The molecule has 4 amide bonds. The molecule has 2 fully saturated rings. The van der Waals surface area contributed by atoms with Gasteiger partial charge in [-0.05, 0) is 37.3 Å². The van der Waals surface area contributed by atoms with Crippen LogP contribution in [0.1, 0.15) is 30.9 Å². The van der Waals surface area contributed by atoms with Crippen LogP contribution in [-0.4, -0.2) is 54.8 Å². The fourth-order valence-corrected chi connectivity index (χ4v) is 5.09. The molecule has 1 aromatic rings. The molecule has 1 spiro atoms. The Bertz CT molecular complexity index is 896. The summed E-state index contributed by atoms with van der Waals surface area (Å²) < 4.78 is 23.3. The molecule has 1 aromatic carbocycles. The Labute approximate surface area is 158 Å². The van der Waals surface area contributed by atoms with E-state index in [0.717, 1.165) is 22.4 Å². The number of rotatable bonds is 4. The van der Waals surface area contributed by atoms with Crippen LogP contribution in [0.25, 0.3) is 0 Å². The predicted octanol–water partition coefficient (Wildman–Crippen LogP) is 0.995. The summed E-state index contributed by atoms with van der Waals surface area (Å²) in [5.74, 6) is -1.30. The van der Waals surface area contributed by atoms with Gasteiger partial charge in [0, 0.05) is 5.69 Å². The summed E-state index contributed by atoms with van der Waals surface area (Å²) in [4.78, 5) is 38.4. The molecule has 0 saturated carbocycles. The Morgan fingerprint density at radius 2 is 1.93 bits per heavy atom. The third-order valence-electron chi connectivity index (χ3n) is 5.23. The van der Waals surface area contributed by atoms with E-state index in [-0.39, 0.29) is 24.3 Å². The average Bonchev–Trinajstić information content (AvgIpc) is 2.84. The fraction of sp³-hybridized carbons (Fsp3) is 0.500. The molecule has 2 heterocycles. The highest BCUT2D eigenvalue weighted by Gasteiger charge is 2.53. The maximum Gasteiger partial charge on any atom is 0.325 e. The van der Waals surface area contributed by atoms with Crippen molar-refractivity contribution in [2.45, 2.75) is 38.6 Å². The molecule has 2 aliphatic heterocycles. The molecule has 2 aliphatic rings. The molecule has 0 unspecified atom stereocenters. The van der Waals surface area contributed by atoms with Crippen LogP contribution in [0.15, 0.2) is 18.2 Å². The third-order valence-corrected chi connectivity index (χ3v) is 6.88. The lowest BCUT2D eigenvalue weighted by Crippen LogP contribution is -2.52. The molecule has 27 heavy (non-hydrogen) atoms. The van der Waals surface area contributed by atoms with Crippen LogP contribution in [0.5, 0.6) is 0 Å². The van der Waals surface area contributed by atoms with E-state index in [9.17, 15) is 22.8 Å². The minimum atomic E-state index is -3.18. The zero-order valence-electron chi connectivity index (χ0n) is 15.4. The van der Waals surface area contributed by atoms with Crippen LogP contribution in [0.2, 0.25) is 0 Å². The van der Waals surface area contributed by atoms with Gasteiger partial charge in [-0.3, -0.25) is 14.5 Å². The number of hydrogen-bond donors (Lipinski definition) is 2. The van der Waals surface area contributed by atoms with E-state index in [1.165, 1.54) is 0 Å². The van der Waals surface area contributed by atoms with E-state index in [1.54, 1.807) is 0 Å². The lowest BCUT2D eigenvalue weighted by atomic mass is 9.92. The molecule has 0 atom stereocenters. The third kappa shape index (κ3) is 3.69. The standard InChI is InChI=1S/C18H23N3O5S/c1-3-13-6-4-5-12(2)15(13)19-14(22)11-21-16(23)18(20-17(21)24)7-9-27(25,26)10-8-18/h4-6H,3,7-11H2,1-2H3,(H,19,22)(H,20,24). The van der Waals surface area contributed by atoms with E-state index in [1.807, 2.05) is 32.0 Å². The quantitative estimate of drug-likeness (QED) is 0.741. The molecular formula is C18H23N3O5S. The minimum absolute atomic E-state index is 0.0375. The van der Waals surface area contributed by atoms with Crippen molar-refractivity contribution < 1.29 is 22.8 Å². The lowest BCUT2D eigenvalue weighted by molar-refractivity contribution is -0.134. The number of amides is 4. The molecule has 8 nitrogen and oxygen atoms in total. The second kappa shape index (κ2) is 6.95. The van der Waals surface area contributed by atoms with E-state index >= 15 is 0 Å². The average molecular weight is 393 g/mol. The Morgan fingerprint density at radius 1 is 1.26 bits per heavy atom. The van der Waals surface area contributed by atoms with Crippen LogP contribution in [0.4, 0.5) is 10.5 Å². The Balaban J connectivity index is 1.72. The number of anilines is 1. The maximum absolute atomic E-state index is 12.7. The number of nitrogens with one attached hydrogen (secondary N) is 2. The number of aryl methyl sites for hydroxylation is 2. The number of urea groups is 1. The maximum atomic E-state index is 12.7.